The molecule has 1 heterocycles. The van der Waals surface area contributed by atoms with Crippen molar-refractivity contribution in [3.05, 3.63) is 167 Å². The number of benzene rings is 3. The third kappa shape index (κ3) is 6.24. The zero-order valence-corrected chi connectivity index (χ0v) is 23.9. The lowest BCUT2D eigenvalue weighted by atomic mass is 9.87. The molecule has 2 heteroatoms. The summed E-state index contributed by atoms with van der Waals surface area (Å²) in [6.07, 6.45) is 18.9. The predicted octanol–water partition coefficient (Wildman–Crippen LogP) is 9.97. The van der Waals surface area contributed by atoms with Gasteiger partial charge in [-0.25, -0.2) is 4.39 Å². The summed E-state index contributed by atoms with van der Waals surface area (Å²) < 4.78 is 14.9. The Hall–Kier alpha value is -4.01. The van der Waals surface area contributed by atoms with Gasteiger partial charge in [0.05, 0.1) is 7.05 Å². The summed E-state index contributed by atoms with van der Waals surface area (Å²) in [4.78, 5) is 0. The van der Waals surface area contributed by atoms with Crippen LogP contribution in [0.5, 0.6) is 0 Å². The van der Waals surface area contributed by atoms with E-state index < -0.39 is 0 Å². The molecule has 0 N–H and O–H groups in total. The standard InChI is InChI=1S/C38H39FN/c1-29-24-25-38(40(3,28-29)36-22-13-21-35(39)27-36)34-19-11-10-14-30(2)33(26-34)20-12-23-37(31-15-6-4-7-16-31)32-17-8-5-9-18-32/h4-11,13,15-19,21-27,30H,12,14,20,28H2,1-3H3/q+1. The number of halogens is 1. The monoisotopic (exact) mass is 528 g/mol. The maximum absolute atomic E-state index is 14.4. The van der Waals surface area contributed by atoms with E-state index in [4.69, 9.17) is 0 Å². The number of quaternary nitrogens is 1. The van der Waals surface area contributed by atoms with E-state index in [9.17, 15) is 4.39 Å². The van der Waals surface area contributed by atoms with Gasteiger partial charge in [0.2, 0.25) is 0 Å². The normalized spacial score (nSPS) is 20.9. The van der Waals surface area contributed by atoms with Gasteiger partial charge in [0, 0.05) is 17.7 Å². The first kappa shape index (κ1) is 27.6. The van der Waals surface area contributed by atoms with Crippen molar-refractivity contribution in [3.8, 4) is 0 Å². The summed E-state index contributed by atoms with van der Waals surface area (Å²) in [5, 5.41) is 0. The van der Waals surface area contributed by atoms with Gasteiger partial charge in [-0.2, -0.15) is 0 Å². The molecule has 0 bridgehead atoms. The van der Waals surface area contributed by atoms with Gasteiger partial charge in [0.15, 0.2) is 0 Å². The molecule has 2 atom stereocenters. The number of hydrogen-bond acceptors (Lipinski definition) is 0. The molecule has 1 aliphatic carbocycles. The molecule has 1 nitrogen and oxygen atoms in total. The van der Waals surface area contributed by atoms with Crippen molar-refractivity contribution in [2.75, 3.05) is 13.6 Å². The molecule has 0 fully saturated rings. The molecule has 0 saturated heterocycles. The van der Waals surface area contributed by atoms with Crippen molar-refractivity contribution in [1.29, 1.82) is 0 Å². The van der Waals surface area contributed by atoms with Gasteiger partial charge in [-0.1, -0.05) is 104 Å². The van der Waals surface area contributed by atoms with E-state index in [1.807, 2.05) is 12.1 Å². The van der Waals surface area contributed by atoms with Crippen LogP contribution in [0.2, 0.25) is 0 Å². The number of allylic oxidation sites excluding steroid dienone is 8. The van der Waals surface area contributed by atoms with E-state index in [1.165, 1.54) is 45.2 Å². The molecule has 0 saturated carbocycles. The highest BCUT2D eigenvalue weighted by Crippen LogP contribution is 2.37. The van der Waals surface area contributed by atoms with Gasteiger partial charge in [0.25, 0.3) is 0 Å². The van der Waals surface area contributed by atoms with E-state index in [-0.39, 0.29) is 5.82 Å². The highest BCUT2D eigenvalue weighted by molar-refractivity contribution is 5.79. The van der Waals surface area contributed by atoms with Crippen LogP contribution in [0.3, 0.4) is 0 Å². The molecule has 202 valence electrons. The topological polar surface area (TPSA) is 0 Å². The Morgan fingerprint density at radius 2 is 1.60 bits per heavy atom. The maximum atomic E-state index is 14.4. The second-order valence-electron chi connectivity index (χ2n) is 11.2. The first-order valence-corrected chi connectivity index (χ1v) is 14.3. The highest BCUT2D eigenvalue weighted by atomic mass is 19.1. The smallest absolute Gasteiger partial charge is 0.145 e. The van der Waals surface area contributed by atoms with Crippen molar-refractivity contribution in [1.82, 2.24) is 4.48 Å². The van der Waals surface area contributed by atoms with Crippen LogP contribution in [-0.4, -0.2) is 13.6 Å². The first-order chi connectivity index (χ1) is 19.4. The van der Waals surface area contributed by atoms with Crippen LogP contribution in [0.25, 0.3) is 5.57 Å². The molecule has 0 aromatic heterocycles. The summed E-state index contributed by atoms with van der Waals surface area (Å²) in [7, 11) is 2.20. The average Bonchev–Trinajstić information content (AvgIpc) is 2.96. The Morgan fingerprint density at radius 3 is 2.27 bits per heavy atom. The van der Waals surface area contributed by atoms with Gasteiger partial charge in [-0.3, -0.25) is 4.48 Å². The van der Waals surface area contributed by atoms with Crippen LogP contribution >= 0.6 is 0 Å². The second kappa shape index (κ2) is 12.4. The summed E-state index contributed by atoms with van der Waals surface area (Å²) in [5.74, 6) is 0.249. The van der Waals surface area contributed by atoms with Crippen LogP contribution in [0.15, 0.2) is 150 Å². The van der Waals surface area contributed by atoms with Crippen molar-refractivity contribution in [2.24, 2.45) is 5.92 Å². The van der Waals surface area contributed by atoms with E-state index in [1.54, 1.807) is 6.07 Å². The van der Waals surface area contributed by atoms with E-state index >= 15 is 0 Å². The Balaban J connectivity index is 1.48. The number of nitrogens with zero attached hydrogens (tertiary/aromatic N) is 1. The number of likely N-dealkylation sites (N-methyl/N-ethyl adjacent to an activating group) is 1. The van der Waals surface area contributed by atoms with Crippen LogP contribution in [0, 0.1) is 11.7 Å². The molecule has 2 aliphatic rings. The second-order valence-corrected chi connectivity index (χ2v) is 11.2. The Kier molecular flexibility index (Phi) is 8.57. The molecule has 2 unspecified atom stereocenters. The van der Waals surface area contributed by atoms with Crippen LogP contribution in [0.1, 0.15) is 44.2 Å². The summed E-state index contributed by atoms with van der Waals surface area (Å²) in [6.45, 7) is 5.30. The molecule has 0 amide bonds. The van der Waals surface area contributed by atoms with Crippen molar-refractivity contribution in [2.45, 2.75) is 33.1 Å². The molecule has 3 aromatic carbocycles. The molecule has 5 rings (SSSR count). The highest BCUT2D eigenvalue weighted by Gasteiger charge is 2.35. The summed E-state index contributed by atoms with van der Waals surface area (Å²) in [5.41, 5.74) is 9.86. The lowest BCUT2D eigenvalue weighted by molar-refractivity contribution is 0.440. The minimum atomic E-state index is -0.195. The quantitative estimate of drug-likeness (QED) is 0.268. The van der Waals surface area contributed by atoms with Crippen LogP contribution in [-0.2, 0) is 0 Å². The van der Waals surface area contributed by atoms with Gasteiger partial charge in [-0.15, -0.1) is 0 Å². The molecular formula is C38H39FN+. The van der Waals surface area contributed by atoms with Gasteiger partial charge >= 0.3 is 0 Å². The lowest BCUT2D eigenvalue weighted by Gasteiger charge is -2.38. The molecule has 1 aliphatic heterocycles. The SMILES string of the molecule is CC1=CC=C(C2=CC=CCC(C)C(CCC=C(c3ccccc3)c3ccccc3)=C2)[N+](C)(c2cccc(F)c2)C1. The Labute approximate surface area is 239 Å². The largest absolute Gasteiger partial charge is 0.257 e. The first-order valence-electron chi connectivity index (χ1n) is 14.3. The van der Waals surface area contributed by atoms with Crippen molar-refractivity contribution >= 4 is 11.3 Å². The van der Waals surface area contributed by atoms with Gasteiger partial charge in [0.1, 0.15) is 23.7 Å². The van der Waals surface area contributed by atoms with E-state index in [0.29, 0.717) is 10.4 Å². The van der Waals surface area contributed by atoms with Gasteiger partial charge < -0.3 is 0 Å². The molecule has 0 radical (unpaired) electrons. The molecule has 3 aromatic rings. The minimum absolute atomic E-state index is 0.195. The average molecular weight is 529 g/mol. The third-order valence-corrected chi connectivity index (χ3v) is 8.12. The minimum Gasteiger partial charge on any atom is -0.257 e. The molecule has 40 heavy (non-hydrogen) atoms. The van der Waals surface area contributed by atoms with Crippen molar-refractivity contribution < 1.29 is 4.39 Å². The van der Waals surface area contributed by atoms with E-state index in [2.05, 4.69) is 124 Å². The van der Waals surface area contributed by atoms with Crippen LogP contribution < -0.4 is 4.48 Å². The summed E-state index contributed by atoms with van der Waals surface area (Å²) >= 11 is 0. The zero-order chi connectivity index (χ0) is 28.0. The summed E-state index contributed by atoms with van der Waals surface area (Å²) in [6, 6.07) is 28.4. The lowest BCUT2D eigenvalue weighted by Crippen LogP contribution is -2.47. The Morgan fingerprint density at radius 1 is 0.900 bits per heavy atom. The fraction of sp³-hybridized carbons (Fsp3) is 0.211. The third-order valence-electron chi connectivity index (χ3n) is 8.12. The fourth-order valence-corrected chi connectivity index (χ4v) is 5.91. The number of hydrogen-bond donors (Lipinski definition) is 0. The maximum Gasteiger partial charge on any atom is 0.145 e. The van der Waals surface area contributed by atoms with Crippen LogP contribution in [0.4, 0.5) is 10.1 Å². The zero-order valence-electron chi connectivity index (χ0n) is 23.9. The number of rotatable bonds is 7. The Bertz CT molecular complexity index is 1480. The molecular weight excluding hydrogens is 489 g/mol. The van der Waals surface area contributed by atoms with E-state index in [0.717, 1.165) is 31.5 Å². The van der Waals surface area contributed by atoms with Crippen molar-refractivity contribution in [3.63, 3.8) is 0 Å². The fourth-order valence-electron chi connectivity index (χ4n) is 5.91. The predicted molar refractivity (Wildman–Crippen MR) is 169 cm³/mol. The molecule has 0 spiro atoms. The van der Waals surface area contributed by atoms with Gasteiger partial charge in [-0.05, 0) is 78.7 Å².